The van der Waals surface area contributed by atoms with Gasteiger partial charge in [-0.3, -0.25) is 4.79 Å². The van der Waals surface area contributed by atoms with Gasteiger partial charge in [0.25, 0.3) is 0 Å². The maximum atomic E-state index is 13.2. The van der Waals surface area contributed by atoms with Crippen LogP contribution in [0, 0.1) is 5.92 Å². The molecule has 0 bridgehead atoms. The number of ether oxygens (including phenoxy) is 1. The molecule has 1 saturated heterocycles. The molecule has 40 heavy (non-hydrogen) atoms. The average Bonchev–Trinajstić information content (AvgIpc) is 3.52. The number of carbonyl (C=O) groups excluding carboxylic acids is 2. The molecule has 3 fully saturated rings. The van der Waals surface area contributed by atoms with E-state index in [1.54, 1.807) is 0 Å². The fourth-order valence-electron chi connectivity index (χ4n) is 6.48. The summed E-state index contributed by atoms with van der Waals surface area (Å²) in [6.07, 6.45) is 7.56. The molecule has 5 rings (SSSR count). The van der Waals surface area contributed by atoms with Gasteiger partial charge < -0.3 is 30.5 Å². The Morgan fingerprint density at radius 2 is 1.65 bits per heavy atom. The van der Waals surface area contributed by atoms with Gasteiger partial charge in [0.2, 0.25) is 5.91 Å². The molecule has 0 aromatic heterocycles. The lowest BCUT2D eigenvalue weighted by Crippen LogP contribution is -2.44. The number of nitrogens with two attached hydrogens (primary N) is 1. The van der Waals surface area contributed by atoms with Gasteiger partial charge >= 0.3 is 6.09 Å². The van der Waals surface area contributed by atoms with Gasteiger partial charge in [-0.2, -0.15) is 0 Å². The number of nitrogens with zero attached hydrogens (tertiary/aromatic N) is 3. The van der Waals surface area contributed by atoms with E-state index in [1.165, 1.54) is 7.11 Å². The van der Waals surface area contributed by atoms with Crippen LogP contribution in [0.25, 0.3) is 11.1 Å². The van der Waals surface area contributed by atoms with Gasteiger partial charge in [-0.1, -0.05) is 37.1 Å². The summed E-state index contributed by atoms with van der Waals surface area (Å²) in [6.45, 7) is 4.37. The lowest BCUT2D eigenvalue weighted by atomic mass is 9.90. The molecule has 8 nitrogen and oxygen atoms in total. The zero-order chi connectivity index (χ0) is 28.1. The Bertz CT molecular complexity index is 1160. The quantitative estimate of drug-likeness (QED) is 0.503. The molecule has 3 N–H and O–H groups in total. The molecule has 8 heteroatoms. The minimum Gasteiger partial charge on any atom is -0.453 e. The third-order valence-corrected chi connectivity index (χ3v) is 9.03. The number of rotatable bonds is 7. The highest BCUT2D eigenvalue weighted by atomic mass is 16.5. The van der Waals surface area contributed by atoms with E-state index in [0.29, 0.717) is 6.54 Å². The molecule has 1 heterocycles. The largest absolute Gasteiger partial charge is 0.453 e. The van der Waals surface area contributed by atoms with E-state index < -0.39 is 0 Å². The molecular weight excluding hydrogens is 502 g/mol. The number of hydrogen-bond acceptors (Lipinski definition) is 6. The Kier molecular flexibility index (Phi) is 9.27. The van der Waals surface area contributed by atoms with Crippen molar-refractivity contribution < 1.29 is 14.3 Å². The van der Waals surface area contributed by atoms with Crippen molar-refractivity contribution in [3.63, 3.8) is 0 Å². The highest BCUT2D eigenvalue weighted by molar-refractivity contribution is 5.97. The predicted octanol–water partition coefficient (Wildman–Crippen LogP) is 5.07. The molecule has 216 valence electrons. The molecule has 0 radical (unpaired) electrons. The van der Waals surface area contributed by atoms with E-state index in [2.05, 4.69) is 58.6 Å². The van der Waals surface area contributed by atoms with E-state index in [0.717, 1.165) is 106 Å². The molecule has 2 saturated carbocycles. The molecule has 1 aliphatic heterocycles. The number of nitrogens with one attached hydrogen (secondary N) is 1. The summed E-state index contributed by atoms with van der Waals surface area (Å²) in [5, 5.41) is 3.31. The maximum absolute atomic E-state index is 13.2. The standard InChI is InChI=1S/C32H45N5O3/c1-35-16-18-36(19-17-35)30-15-10-26(21-29(30)34-31(38)24-7-3-4-8-24)25-9-5-6-23(20-25)22-37(32(39)40-2)28-13-11-27(33)12-14-28/h5-6,9-10,15,20-21,24,27-28H,3-4,7-8,11-14,16-19,22,33H2,1-2H3,(H,34,38). The fraction of sp³-hybridized carbons (Fsp3) is 0.562. The maximum Gasteiger partial charge on any atom is 0.410 e. The number of benzene rings is 2. The average molecular weight is 548 g/mol. The second-order valence-corrected chi connectivity index (χ2v) is 11.9. The van der Waals surface area contributed by atoms with Crippen LogP contribution in [0.4, 0.5) is 16.2 Å². The Hall–Kier alpha value is -3.10. The molecule has 2 amide bonds. The van der Waals surface area contributed by atoms with Crippen molar-refractivity contribution in [3.05, 3.63) is 48.0 Å². The molecule has 2 aliphatic carbocycles. The second kappa shape index (κ2) is 13.0. The SMILES string of the molecule is COC(=O)N(Cc1cccc(-c2ccc(N3CCN(C)CC3)c(NC(=O)C3CCCC3)c2)c1)C1CCC(N)CC1. The van der Waals surface area contributed by atoms with E-state index >= 15 is 0 Å². The zero-order valence-corrected chi connectivity index (χ0v) is 24.1. The summed E-state index contributed by atoms with van der Waals surface area (Å²) >= 11 is 0. The van der Waals surface area contributed by atoms with E-state index in [-0.39, 0.29) is 30.0 Å². The first-order valence-electron chi connectivity index (χ1n) is 15.0. The van der Waals surface area contributed by atoms with Gasteiger partial charge in [0, 0.05) is 50.7 Å². The highest BCUT2D eigenvalue weighted by Gasteiger charge is 2.29. The first-order chi connectivity index (χ1) is 19.4. The summed E-state index contributed by atoms with van der Waals surface area (Å²) in [5.74, 6) is 0.241. The third-order valence-electron chi connectivity index (χ3n) is 9.03. The summed E-state index contributed by atoms with van der Waals surface area (Å²) in [4.78, 5) is 32.5. The van der Waals surface area contributed by atoms with Gasteiger partial charge in [-0.25, -0.2) is 4.79 Å². The van der Waals surface area contributed by atoms with E-state index in [4.69, 9.17) is 10.5 Å². The van der Waals surface area contributed by atoms with Gasteiger partial charge in [-0.05, 0) is 80.5 Å². The number of anilines is 2. The number of piperazine rings is 1. The molecule has 2 aromatic rings. The number of methoxy groups -OCH3 is 1. The lowest BCUT2D eigenvalue weighted by Gasteiger charge is -2.35. The molecule has 3 aliphatic rings. The normalized spacial score (nSPS) is 22.2. The first-order valence-corrected chi connectivity index (χ1v) is 15.0. The van der Waals surface area contributed by atoms with Crippen LogP contribution in [0.2, 0.25) is 0 Å². The second-order valence-electron chi connectivity index (χ2n) is 11.9. The number of amides is 2. The van der Waals surface area contributed by atoms with Crippen LogP contribution in [0.15, 0.2) is 42.5 Å². The lowest BCUT2D eigenvalue weighted by molar-refractivity contribution is -0.119. The Morgan fingerprint density at radius 3 is 2.35 bits per heavy atom. The van der Waals surface area contributed by atoms with Crippen molar-refractivity contribution in [2.45, 2.75) is 70.0 Å². The smallest absolute Gasteiger partial charge is 0.410 e. The predicted molar refractivity (Wildman–Crippen MR) is 160 cm³/mol. The molecule has 0 spiro atoms. The van der Waals surface area contributed by atoms with Crippen LogP contribution in [0.5, 0.6) is 0 Å². The summed E-state index contributed by atoms with van der Waals surface area (Å²) in [7, 11) is 3.60. The van der Waals surface area contributed by atoms with Crippen molar-refractivity contribution in [2.75, 3.05) is 50.6 Å². The van der Waals surface area contributed by atoms with Crippen LogP contribution in [-0.4, -0.2) is 74.2 Å². The molecule has 0 unspecified atom stereocenters. The Labute approximate surface area is 238 Å². The van der Waals surface area contributed by atoms with Gasteiger partial charge in [0.15, 0.2) is 0 Å². The van der Waals surface area contributed by atoms with Gasteiger partial charge in [0.05, 0.1) is 18.5 Å². The van der Waals surface area contributed by atoms with Crippen molar-refractivity contribution in [3.8, 4) is 11.1 Å². The number of carbonyl (C=O) groups is 2. The number of hydrogen-bond donors (Lipinski definition) is 2. The summed E-state index contributed by atoms with van der Waals surface area (Å²) in [6, 6.07) is 15.1. The van der Waals surface area contributed by atoms with E-state index in [1.807, 2.05) is 11.0 Å². The first kappa shape index (κ1) is 28.4. The van der Waals surface area contributed by atoms with Crippen molar-refractivity contribution in [2.24, 2.45) is 11.7 Å². The van der Waals surface area contributed by atoms with Gasteiger partial charge in [0.1, 0.15) is 0 Å². The Morgan fingerprint density at radius 1 is 0.950 bits per heavy atom. The summed E-state index contributed by atoms with van der Waals surface area (Å²) < 4.78 is 5.16. The summed E-state index contributed by atoms with van der Waals surface area (Å²) in [5.41, 5.74) is 11.3. The molecular formula is C32H45N5O3. The van der Waals surface area contributed by atoms with Crippen LogP contribution in [0.3, 0.4) is 0 Å². The third kappa shape index (κ3) is 6.78. The zero-order valence-electron chi connectivity index (χ0n) is 24.1. The van der Waals surface area contributed by atoms with Crippen LogP contribution in [-0.2, 0) is 16.1 Å². The van der Waals surface area contributed by atoms with Crippen molar-refractivity contribution in [1.82, 2.24) is 9.80 Å². The molecule has 0 atom stereocenters. The fourth-order valence-corrected chi connectivity index (χ4v) is 6.48. The minimum absolute atomic E-state index is 0.103. The topological polar surface area (TPSA) is 91.1 Å². The highest BCUT2D eigenvalue weighted by Crippen LogP contribution is 2.35. The van der Waals surface area contributed by atoms with Crippen LogP contribution in [0.1, 0.15) is 56.9 Å². The number of likely N-dealkylation sites (N-methyl/N-ethyl adjacent to an activating group) is 1. The van der Waals surface area contributed by atoms with Crippen LogP contribution < -0.4 is 16.0 Å². The Balaban J connectivity index is 1.39. The van der Waals surface area contributed by atoms with Crippen LogP contribution >= 0.6 is 0 Å². The molecule has 2 aromatic carbocycles. The van der Waals surface area contributed by atoms with Crippen molar-refractivity contribution >= 4 is 23.4 Å². The van der Waals surface area contributed by atoms with Crippen molar-refractivity contribution in [1.29, 1.82) is 0 Å². The monoisotopic (exact) mass is 547 g/mol. The van der Waals surface area contributed by atoms with E-state index in [9.17, 15) is 9.59 Å². The minimum atomic E-state index is -0.292. The van der Waals surface area contributed by atoms with Gasteiger partial charge in [-0.15, -0.1) is 0 Å².